The molecule has 0 bridgehead atoms. The first-order chi connectivity index (χ1) is 11.6. The third-order valence-electron chi connectivity index (χ3n) is 3.53. The molecule has 2 N–H and O–H groups in total. The highest BCUT2D eigenvalue weighted by Crippen LogP contribution is 2.27. The van der Waals surface area contributed by atoms with Gasteiger partial charge in [-0.05, 0) is 24.6 Å². The van der Waals surface area contributed by atoms with Gasteiger partial charge in [0.2, 0.25) is 5.91 Å². The first kappa shape index (κ1) is 16.9. The van der Waals surface area contributed by atoms with Crippen LogP contribution in [0, 0.1) is 6.92 Å². The number of anilines is 1. The molecule has 24 heavy (non-hydrogen) atoms. The SMILES string of the molecule is COc1ccc(C)cc1NC(=O)CSc1nc2c(c(=O)[nH]1)CSC2. The normalized spacial score (nSPS) is 12.8. The van der Waals surface area contributed by atoms with E-state index in [1.807, 2.05) is 25.1 Å². The van der Waals surface area contributed by atoms with Crippen LogP contribution >= 0.6 is 23.5 Å². The van der Waals surface area contributed by atoms with E-state index in [0.717, 1.165) is 22.6 Å². The van der Waals surface area contributed by atoms with Crippen LogP contribution in [0.3, 0.4) is 0 Å². The zero-order chi connectivity index (χ0) is 17.1. The molecule has 0 spiro atoms. The van der Waals surface area contributed by atoms with Crippen molar-refractivity contribution in [1.82, 2.24) is 9.97 Å². The van der Waals surface area contributed by atoms with E-state index >= 15 is 0 Å². The number of aromatic amines is 1. The summed E-state index contributed by atoms with van der Waals surface area (Å²) < 4.78 is 5.25. The Labute approximate surface area is 147 Å². The molecule has 1 aromatic carbocycles. The summed E-state index contributed by atoms with van der Waals surface area (Å²) in [4.78, 5) is 31.3. The Morgan fingerprint density at radius 1 is 1.46 bits per heavy atom. The number of aryl methyl sites for hydroxylation is 1. The fourth-order valence-corrected chi connectivity index (χ4v) is 4.06. The molecule has 0 saturated carbocycles. The molecule has 8 heteroatoms. The molecule has 1 aliphatic rings. The molecule has 0 unspecified atom stereocenters. The Bertz CT molecular complexity index is 836. The van der Waals surface area contributed by atoms with E-state index in [9.17, 15) is 9.59 Å². The number of amides is 1. The second kappa shape index (κ2) is 7.31. The van der Waals surface area contributed by atoms with Crippen molar-refractivity contribution in [2.45, 2.75) is 23.6 Å². The van der Waals surface area contributed by atoms with Crippen molar-refractivity contribution in [2.75, 3.05) is 18.2 Å². The minimum absolute atomic E-state index is 0.103. The maximum Gasteiger partial charge on any atom is 0.255 e. The van der Waals surface area contributed by atoms with Gasteiger partial charge in [-0.2, -0.15) is 11.8 Å². The average molecular weight is 363 g/mol. The molecule has 0 aliphatic carbocycles. The van der Waals surface area contributed by atoms with E-state index in [1.54, 1.807) is 18.9 Å². The molecule has 3 rings (SSSR count). The summed E-state index contributed by atoms with van der Waals surface area (Å²) in [6.07, 6.45) is 0. The van der Waals surface area contributed by atoms with Crippen molar-refractivity contribution in [1.29, 1.82) is 0 Å². The Morgan fingerprint density at radius 2 is 2.29 bits per heavy atom. The van der Waals surface area contributed by atoms with Crippen LogP contribution in [0.1, 0.15) is 16.8 Å². The molecule has 2 heterocycles. The molecule has 2 aromatic rings. The summed E-state index contributed by atoms with van der Waals surface area (Å²) in [6.45, 7) is 1.95. The Balaban J connectivity index is 1.65. The average Bonchev–Trinajstić information content (AvgIpc) is 3.02. The summed E-state index contributed by atoms with van der Waals surface area (Å²) >= 11 is 2.89. The number of hydrogen-bond acceptors (Lipinski definition) is 6. The Kier molecular flexibility index (Phi) is 5.15. The summed E-state index contributed by atoms with van der Waals surface area (Å²) in [7, 11) is 1.56. The van der Waals surface area contributed by atoms with Crippen LogP contribution in [0.5, 0.6) is 5.75 Å². The van der Waals surface area contributed by atoms with Crippen LogP contribution in [0.15, 0.2) is 28.2 Å². The number of carbonyl (C=O) groups is 1. The quantitative estimate of drug-likeness (QED) is 0.627. The number of fused-ring (bicyclic) bond motifs is 1. The van der Waals surface area contributed by atoms with Crippen LogP contribution in [-0.4, -0.2) is 28.7 Å². The first-order valence-electron chi connectivity index (χ1n) is 7.34. The van der Waals surface area contributed by atoms with Crippen LogP contribution in [0.2, 0.25) is 0 Å². The van der Waals surface area contributed by atoms with Gasteiger partial charge in [0.1, 0.15) is 5.75 Å². The van der Waals surface area contributed by atoms with Crippen molar-refractivity contribution in [3.63, 3.8) is 0 Å². The molecule has 0 saturated heterocycles. The van der Waals surface area contributed by atoms with Gasteiger partial charge in [-0.25, -0.2) is 4.98 Å². The number of thioether (sulfide) groups is 2. The standard InChI is InChI=1S/C16H17N3O3S2/c1-9-3-4-13(22-2)11(5-9)17-14(20)8-24-16-18-12-7-23-6-10(12)15(21)19-16/h3-5H,6-8H2,1-2H3,(H,17,20)(H,18,19,21). The van der Waals surface area contributed by atoms with Gasteiger partial charge in [-0.1, -0.05) is 17.8 Å². The number of aromatic nitrogens is 2. The van der Waals surface area contributed by atoms with Crippen molar-refractivity contribution in [2.24, 2.45) is 0 Å². The topological polar surface area (TPSA) is 84.1 Å². The highest BCUT2D eigenvalue weighted by Gasteiger charge is 2.18. The third-order valence-corrected chi connectivity index (χ3v) is 5.38. The molecule has 1 aromatic heterocycles. The lowest BCUT2D eigenvalue weighted by molar-refractivity contribution is -0.113. The molecular weight excluding hydrogens is 346 g/mol. The molecular formula is C16H17N3O3S2. The number of nitrogens with one attached hydrogen (secondary N) is 2. The summed E-state index contributed by atoms with van der Waals surface area (Å²) in [6, 6.07) is 5.59. The number of carbonyl (C=O) groups excluding carboxylic acids is 1. The number of nitrogens with zero attached hydrogens (tertiary/aromatic N) is 1. The smallest absolute Gasteiger partial charge is 0.255 e. The van der Waals surface area contributed by atoms with Crippen molar-refractivity contribution < 1.29 is 9.53 Å². The predicted octanol–water partition coefficient (Wildman–Crippen LogP) is 2.56. The van der Waals surface area contributed by atoms with Crippen molar-refractivity contribution >= 4 is 35.1 Å². The van der Waals surface area contributed by atoms with E-state index < -0.39 is 0 Å². The minimum atomic E-state index is -0.179. The largest absolute Gasteiger partial charge is 0.495 e. The lowest BCUT2D eigenvalue weighted by Crippen LogP contribution is -2.18. The van der Waals surface area contributed by atoms with Crippen LogP contribution in [-0.2, 0) is 16.3 Å². The van der Waals surface area contributed by atoms with Crippen molar-refractivity contribution in [3.05, 3.63) is 45.4 Å². The van der Waals surface area contributed by atoms with E-state index in [0.29, 0.717) is 22.3 Å². The molecule has 0 radical (unpaired) electrons. The van der Waals surface area contributed by atoms with Crippen molar-refractivity contribution in [3.8, 4) is 5.75 Å². The maximum atomic E-state index is 12.2. The van der Waals surface area contributed by atoms with Gasteiger partial charge in [0, 0.05) is 17.1 Å². The molecule has 6 nitrogen and oxygen atoms in total. The molecule has 1 aliphatic heterocycles. The second-order valence-corrected chi connectivity index (χ2v) is 7.28. The number of hydrogen-bond donors (Lipinski definition) is 2. The van der Waals surface area contributed by atoms with Gasteiger partial charge in [0.05, 0.1) is 24.2 Å². The summed E-state index contributed by atoms with van der Waals surface area (Å²) in [5.41, 5.74) is 3.13. The summed E-state index contributed by atoms with van der Waals surface area (Å²) in [5, 5.41) is 3.31. The van der Waals surface area contributed by atoms with Crippen LogP contribution in [0.4, 0.5) is 5.69 Å². The second-order valence-electron chi connectivity index (χ2n) is 5.33. The van der Waals surface area contributed by atoms with E-state index in [1.165, 1.54) is 11.8 Å². The lowest BCUT2D eigenvalue weighted by atomic mass is 10.2. The Hall–Kier alpha value is -1.93. The minimum Gasteiger partial charge on any atom is -0.495 e. The van der Waals surface area contributed by atoms with Crippen LogP contribution < -0.4 is 15.6 Å². The van der Waals surface area contributed by atoms with Gasteiger partial charge in [0.15, 0.2) is 5.16 Å². The van der Waals surface area contributed by atoms with Gasteiger partial charge in [0.25, 0.3) is 5.56 Å². The number of rotatable bonds is 5. The first-order valence-corrected chi connectivity index (χ1v) is 9.48. The third kappa shape index (κ3) is 3.76. The molecule has 126 valence electrons. The highest BCUT2D eigenvalue weighted by molar-refractivity contribution is 7.99. The van der Waals surface area contributed by atoms with Gasteiger partial charge < -0.3 is 15.0 Å². The fraction of sp³-hybridized carbons (Fsp3) is 0.312. The zero-order valence-electron chi connectivity index (χ0n) is 13.3. The monoisotopic (exact) mass is 363 g/mol. The van der Waals surface area contributed by atoms with E-state index in [2.05, 4.69) is 15.3 Å². The summed E-state index contributed by atoms with van der Waals surface area (Å²) in [5.74, 6) is 2.04. The van der Waals surface area contributed by atoms with Gasteiger partial charge in [-0.3, -0.25) is 9.59 Å². The fourth-order valence-electron chi connectivity index (χ4n) is 2.35. The maximum absolute atomic E-state index is 12.2. The van der Waals surface area contributed by atoms with Crippen LogP contribution in [0.25, 0.3) is 0 Å². The molecule has 1 amide bonds. The van der Waals surface area contributed by atoms with E-state index in [-0.39, 0.29) is 17.2 Å². The number of methoxy groups -OCH3 is 1. The number of H-pyrrole nitrogens is 1. The molecule has 0 atom stereocenters. The Morgan fingerprint density at radius 3 is 3.08 bits per heavy atom. The number of ether oxygens (including phenoxy) is 1. The number of benzene rings is 1. The lowest BCUT2D eigenvalue weighted by Gasteiger charge is -2.11. The zero-order valence-corrected chi connectivity index (χ0v) is 15.0. The highest BCUT2D eigenvalue weighted by atomic mass is 32.2. The van der Waals surface area contributed by atoms with E-state index in [4.69, 9.17) is 4.74 Å². The molecule has 0 fully saturated rings. The van der Waals surface area contributed by atoms with Gasteiger partial charge >= 0.3 is 0 Å². The predicted molar refractivity (Wildman–Crippen MR) is 96.9 cm³/mol. The van der Waals surface area contributed by atoms with Gasteiger partial charge in [-0.15, -0.1) is 0 Å².